The molecular formula is C36H46Cl2N4O5. The summed E-state index contributed by atoms with van der Waals surface area (Å²) in [5.41, 5.74) is 2.44. The molecule has 3 aromatic rings. The van der Waals surface area contributed by atoms with Crippen LogP contribution in [-0.2, 0) is 11.3 Å². The van der Waals surface area contributed by atoms with Crippen molar-refractivity contribution in [2.45, 2.75) is 64.8 Å². The monoisotopic (exact) mass is 684 g/mol. The summed E-state index contributed by atoms with van der Waals surface area (Å²) in [6.45, 7) is 7.85. The number of aliphatic hydroxyl groups is 1. The van der Waals surface area contributed by atoms with Crippen LogP contribution in [0.15, 0.2) is 66.7 Å². The largest absolute Gasteiger partial charge is 0.490 e. The molecule has 1 heterocycles. The zero-order valence-corrected chi connectivity index (χ0v) is 29.1. The predicted octanol–water partition coefficient (Wildman–Crippen LogP) is 7.56. The molecule has 0 saturated heterocycles. The number of ether oxygens (including phenoxy) is 2. The van der Waals surface area contributed by atoms with E-state index in [1.807, 2.05) is 51.2 Å². The van der Waals surface area contributed by atoms with Gasteiger partial charge in [0.25, 0.3) is 5.91 Å². The Morgan fingerprint density at radius 2 is 1.77 bits per heavy atom. The first-order chi connectivity index (χ1) is 22.5. The van der Waals surface area contributed by atoms with Crippen LogP contribution in [0.3, 0.4) is 0 Å². The molecule has 11 heteroatoms. The van der Waals surface area contributed by atoms with Crippen molar-refractivity contribution < 1.29 is 24.2 Å². The highest BCUT2D eigenvalue weighted by atomic mass is 35.5. The molecule has 47 heavy (non-hydrogen) atoms. The van der Waals surface area contributed by atoms with E-state index >= 15 is 0 Å². The average Bonchev–Trinajstić information content (AvgIpc) is 3.04. The van der Waals surface area contributed by atoms with Crippen molar-refractivity contribution in [3.8, 4) is 5.75 Å². The fraction of sp³-hybridized carbons (Fsp3) is 0.444. The van der Waals surface area contributed by atoms with E-state index in [2.05, 4.69) is 22.5 Å². The number of likely N-dealkylation sites (N-methyl/N-ethyl adjacent to an activating group) is 1. The fourth-order valence-electron chi connectivity index (χ4n) is 5.60. The number of para-hydroxylation sites is 1. The lowest BCUT2D eigenvalue weighted by Gasteiger charge is -2.36. The van der Waals surface area contributed by atoms with E-state index in [1.54, 1.807) is 41.3 Å². The zero-order valence-electron chi connectivity index (χ0n) is 27.5. The topological polar surface area (TPSA) is 103 Å². The molecular weight excluding hydrogens is 639 g/mol. The van der Waals surface area contributed by atoms with E-state index in [0.717, 1.165) is 24.8 Å². The highest BCUT2D eigenvalue weighted by Crippen LogP contribution is 2.29. The average molecular weight is 686 g/mol. The lowest BCUT2D eigenvalue weighted by atomic mass is 10.0. The molecule has 254 valence electrons. The van der Waals surface area contributed by atoms with Gasteiger partial charge in [0, 0.05) is 43.5 Å². The fourth-order valence-corrected chi connectivity index (χ4v) is 5.92. The second-order valence-electron chi connectivity index (χ2n) is 12.4. The minimum absolute atomic E-state index is 0.0756. The highest BCUT2D eigenvalue weighted by Gasteiger charge is 2.30. The Morgan fingerprint density at radius 3 is 2.49 bits per heavy atom. The van der Waals surface area contributed by atoms with Crippen LogP contribution in [0, 0.1) is 5.92 Å². The number of carbonyl (C=O) groups is 2. The Bertz CT molecular complexity index is 1480. The molecule has 3 amide bonds. The summed E-state index contributed by atoms with van der Waals surface area (Å²) in [5, 5.41) is 16.9. The van der Waals surface area contributed by atoms with Gasteiger partial charge in [0.1, 0.15) is 5.75 Å². The Balaban J connectivity index is 1.58. The van der Waals surface area contributed by atoms with Crippen LogP contribution >= 0.6 is 23.2 Å². The molecule has 1 aliphatic rings. The number of fused-ring (bicyclic) bond motifs is 1. The van der Waals surface area contributed by atoms with Gasteiger partial charge in [-0.25, -0.2) is 4.79 Å². The van der Waals surface area contributed by atoms with Gasteiger partial charge in [0.15, 0.2) is 0 Å². The maximum atomic E-state index is 14.3. The Hall–Kier alpha value is -3.34. The maximum absolute atomic E-state index is 14.3. The molecule has 0 spiro atoms. The molecule has 4 atom stereocenters. The summed E-state index contributed by atoms with van der Waals surface area (Å²) in [7, 11) is 2.03. The van der Waals surface area contributed by atoms with Gasteiger partial charge in [-0.2, -0.15) is 0 Å². The Labute approximate surface area is 288 Å². The molecule has 0 unspecified atom stereocenters. The quantitative estimate of drug-likeness (QED) is 0.226. The summed E-state index contributed by atoms with van der Waals surface area (Å²) in [6, 6.07) is 18.9. The van der Waals surface area contributed by atoms with Gasteiger partial charge in [-0.05, 0) is 88.2 Å². The summed E-state index contributed by atoms with van der Waals surface area (Å²) in [6.07, 6.45) is 2.22. The molecule has 0 fully saturated rings. The minimum atomic E-state index is -0.476. The number of nitrogens with one attached hydrogen (secondary N) is 2. The molecule has 3 N–H and O–H groups in total. The number of carbonyl (C=O) groups excluding carboxylic acids is 2. The van der Waals surface area contributed by atoms with Gasteiger partial charge in [0.2, 0.25) is 0 Å². The standard InChI is InChI=1S/C36H46Cl2N4O5/c1-24-20-42(25(2)23-43)35(44)30-19-29(40-36(45)39-28-11-6-5-7-12-28)14-16-33(30)47-26(3)10-8-9-17-46-34(24)22-41(4)21-27-13-15-31(37)32(38)18-27/h5-7,11-16,18-19,24-26,34,43H,8-10,17,20-23H2,1-4H3,(H2,39,40,45)/t24-,25+,26+,34-/m0/s1. The van der Waals surface area contributed by atoms with E-state index in [4.69, 9.17) is 32.7 Å². The van der Waals surface area contributed by atoms with E-state index in [1.165, 1.54) is 0 Å². The normalized spacial score (nSPS) is 20.1. The Morgan fingerprint density at radius 1 is 1.02 bits per heavy atom. The van der Waals surface area contributed by atoms with E-state index < -0.39 is 12.1 Å². The van der Waals surface area contributed by atoms with Crippen molar-refractivity contribution in [1.82, 2.24) is 9.80 Å². The summed E-state index contributed by atoms with van der Waals surface area (Å²) in [5.74, 6) is 0.0617. The van der Waals surface area contributed by atoms with Crippen molar-refractivity contribution >= 4 is 46.5 Å². The summed E-state index contributed by atoms with van der Waals surface area (Å²) in [4.78, 5) is 31.0. The first kappa shape index (κ1) is 36.5. The van der Waals surface area contributed by atoms with Gasteiger partial charge in [0.05, 0.1) is 40.5 Å². The van der Waals surface area contributed by atoms with Crippen LogP contribution in [0.2, 0.25) is 10.0 Å². The molecule has 4 rings (SSSR count). The van der Waals surface area contributed by atoms with Gasteiger partial charge in [-0.3, -0.25) is 9.69 Å². The molecule has 0 bridgehead atoms. The third kappa shape index (κ3) is 10.8. The van der Waals surface area contributed by atoms with Gasteiger partial charge in [-0.1, -0.05) is 54.4 Å². The van der Waals surface area contributed by atoms with Crippen LogP contribution in [-0.4, -0.2) is 78.4 Å². The highest BCUT2D eigenvalue weighted by molar-refractivity contribution is 6.42. The molecule has 1 aliphatic heterocycles. The van der Waals surface area contributed by atoms with Crippen molar-refractivity contribution in [2.75, 3.05) is 44.0 Å². The van der Waals surface area contributed by atoms with Crippen LogP contribution < -0.4 is 15.4 Å². The van der Waals surface area contributed by atoms with Crippen LogP contribution in [0.5, 0.6) is 5.75 Å². The minimum Gasteiger partial charge on any atom is -0.490 e. The number of nitrogens with zero attached hydrogens (tertiary/aromatic N) is 2. The number of hydrogen-bond donors (Lipinski definition) is 3. The van der Waals surface area contributed by atoms with E-state index in [0.29, 0.717) is 59.0 Å². The van der Waals surface area contributed by atoms with Crippen LogP contribution in [0.4, 0.5) is 16.2 Å². The summed E-state index contributed by atoms with van der Waals surface area (Å²) >= 11 is 12.4. The van der Waals surface area contributed by atoms with Crippen LogP contribution in [0.1, 0.15) is 56.0 Å². The zero-order chi connectivity index (χ0) is 33.9. The van der Waals surface area contributed by atoms with Crippen molar-refractivity contribution in [1.29, 1.82) is 0 Å². The number of benzene rings is 3. The first-order valence-electron chi connectivity index (χ1n) is 16.1. The lowest BCUT2D eigenvalue weighted by Crippen LogP contribution is -2.47. The molecule has 3 aromatic carbocycles. The molecule has 9 nitrogen and oxygen atoms in total. The third-order valence-corrected chi connectivity index (χ3v) is 9.01. The van der Waals surface area contributed by atoms with Gasteiger partial charge in [-0.15, -0.1) is 0 Å². The second-order valence-corrected chi connectivity index (χ2v) is 13.2. The summed E-state index contributed by atoms with van der Waals surface area (Å²) < 4.78 is 12.8. The molecule has 0 radical (unpaired) electrons. The number of aliphatic hydroxyl groups excluding tert-OH is 1. The molecule has 0 saturated carbocycles. The van der Waals surface area contributed by atoms with Crippen molar-refractivity contribution in [3.05, 3.63) is 87.9 Å². The maximum Gasteiger partial charge on any atom is 0.323 e. The SMILES string of the molecule is C[C@@H]1CCCCO[C@@H](CN(C)Cc2ccc(Cl)c(Cl)c2)[C@@H](C)CN([C@H](C)CO)C(=O)c2cc(NC(=O)Nc3ccccc3)ccc2O1. The predicted molar refractivity (Wildman–Crippen MR) is 189 cm³/mol. The van der Waals surface area contributed by atoms with E-state index in [9.17, 15) is 14.7 Å². The van der Waals surface area contributed by atoms with Gasteiger partial charge >= 0.3 is 6.03 Å². The number of rotatable bonds is 8. The lowest BCUT2D eigenvalue weighted by molar-refractivity contribution is -0.0177. The van der Waals surface area contributed by atoms with Gasteiger partial charge < -0.3 is 30.1 Å². The number of hydrogen-bond acceptors (Lipinski definition) is 6. The number of anilines is 2. The molecule has 0 aromatic heterocycles. The van der Waals surface area contributed by atoms with Crippen molar-refractivity contribution in [2.24, 2.45) is 5.92 Å². The number of amides is 3. The van der Waals surface area contributed by atoms with Crippen LogP contribution in [0.25, 0.3) is 0 Å². The Kier molecular flexibility index (Phi) is 13.8. The van der Waals surface area contributed by atoms with E-state index in [-0.39, 0.29) is 30.6 Å². The van der Waals surface area contributed by atoms with Crippen molar-refractivity contribution in [3.63, 3.8) is 0 Å². The first-order valence-corrected chi connectivity index (χ1v) is 16.9. The number of halogens is 2. The molecule has 0 aliphatic carbocycles. The second kappa shape index (κ2) is 17.7. The smallest absolute Gasteiger partial charge is 0.323 e. The third-order valence-electron chi connectivity index (χ3n) is 8.27. The number of urea groups is 1.